The van der Waals surface area contributed by atoms with Crippen LogP contribution in [0.3, 0.4) is 0 Å². The molecule has 3 N–H and O–H groups in total. The molecule has 24 heavy (non-hydrogen) atoms. The predicted molar refractivity (Wildman–Crippen MR) is 85.1 cm³/mol. The number of hydrogen-bond acceptors (Lipinski definition) is 6. The summed E-state index contributed by atoms with van der Waals surface area (Å²) in [6, 6.07) is 8.15. The number of nitrogens with zero attached hydrogens (tertiary/aromatic N) is 3. The summed E-state index contributed by atoms with van der Waals surface area (Å²) in [5, 5.41) is 27.4. The quantitative estimate of drug-likeness (QED) is 0.658. The van der Waals surface area contributed by atoms with Gasteiger partial charge in [0, 0.05) is 17.8 Å². The molecular weight excluding hydrogens is 310 g/mol. The van der Waals surface area contributed by atoms with Crippen LogP contribution >= 0.6 is 0 Å². The van der Waals surface area contributed by atoms with E-state index in [2.05, 4.69) is 16.3 Å². The van der Waals surface area contributed by atoms with Gasteiger partial charge in [-0.15, -0.1) is 5.10 Å². The minimum Gasteiger partial charge on any atom is -0.420 e. The number of nitro benzene ring substituents is 1. The Labute approximate surface area is 137 Å². The van der Waals surface area contributed by atoms with Crippen molar-refractivity contribution in [1.82, 2.24) is 10.2 Å². The third-order valence-corrected chi connectivity index (χ3v) is 3.98. The van der Waals surface area contributed by atoms with Gasteiger partial charge in [-0.3, -0.25) is 15.2 Å². The number of fused-ring (bicyclic) bond motifs is 1. The predicted octanol–water partition coefficient (Wildman–Crippen LogP) is 2.66. The Hall–Kier alpha value is -3.34. The number of nitrogens with two attached hydrogens (primary N) is 1. The number of ether oxygens (including phenoxy) is 1. The van der Waals surface area contributed by atoms with Crippen LogP contribution in [0.2, 0.25) is 0 Å². The molecule has 0 spiro atoms. The minimum absolute atomic E-state index is 0.00448. The molecule has 122 valence electrons. The molecule has 1 aliphatic heterocycles. The van der Waals surface area contributed by atoms with E-state index in [1.807, 2.05) is 13.8 Å². The third-order valence-electron chi connectivity index (χ3n) is 3.98. The first-order valence-electron chi connectivity index (χ1n) is 7.34. The van der Waals surface area contributed by atoms with Gasteiger partial charge in [-0.05, 0) is 11.5 Å². The zero-order chi connectivity index (χ0) is 17.4. The smallest absolute Gasteiger partial charge is 0.269 e. The van der Waals surface area contributed by atoms with Gasteiger partial charge >= 0.3 is 0 Å². The Bertz CT molecular complexity index is 874. The number of benzene rings is 1. The highest BCUT2D eigenvalue weighted by atomic mass is 16.6. The fourth-order valence-electron chi connectivity index (χ4n) is 2.83. The van der Waals surface area contributed by atoms with E-state index in [9.17, 15) is 15.4 Å². The van der Waals surface area contributed by atoms with E-state index in [0.29, 0.717) is 11.4 Å². The van der Waals surface area contributed by atoms with E-state index >= 15 is 0 Å². The molecule has 2 aromatic rings. The van der Waals surface area contributed by atoms with E-state index in [1.165, 1.54) is 12.1 Å². The Balaban J connectivity index is 2.19. The maximum absolute atomic E-state index is 10.9. The standard InChI is InChI=1S/C16H15N5O3/c1-8(2)14-13-12(9-3-5-10(6-4-9)21(22)23)11(7-17)15(18)24-16(13)20-19-14/h3-6,8,12H,18H2,1-2H3,(H,19,20)/t12-/m1/s1. The van der Waals surface area contributed by atoms with Gasteiger partial charge in [0.05, 0.1) is 16.4 Å². The van der Waals surface area contributed by atoms with E-state index in [0.717, 1.165) is 11.3 Å². The monoisotopic (exact) mass is 325 g/mol. The first-order chi connectivity index (χ1) is 11.4. The third kappa shape index (κ3) is 2.36. The summed E-state index contributed by atoms with van der Waals surface area (Å²) in [7, 11) is 0. The number of non-ortho nitro benzene ring substituents is 1. The molecule has 1 aliphatic rings. The summed E-state index contributed by atoms with van der Waals surface area (Å²) in [6.07, 6.45) is 0. The molecule has 0 amide bonds. The number of aromatic nitrogens is 2. The Morgan fingerprint density at radius 3 is 2.62 bits per heavy atom. The Kier molecular flexibility index (Phi) is 3.69. The lowest BCUT2D eigenvalue weighted by Gasteiger charge is -2.24. The summed E-state index contributed by atoms with van der Waals surface area (Å²) in [5.41, 5.74) is 8.41. The molecule has 1 atom stereocenters. The van der Waals surface area contributed by atoms with E-state index in [4.69, 9.17) is 10.5 Å². The maximum Gasteiger partial charge on any atom is 0.269 e. The molecule has 1 aromatic carbocycles. The van der Waals surface area contributed by atoms with Crippen molar-refractivity contribution >= 4 is 5.69 Å². The summed E-state index contributed by atoms with van der Waals surface area (Å²) >= 11 is 0. The fourth-order valence-corrected chi connectivity index (χ4v) is 2.83. The summed E-state index contributed by atoms with van der Waals surface area (Å²) in [4.78, 5) is 10.4. The molecule has 3 rings (SSSR count). The van der Waals surface area contributed by atoms with Crippen molar-refractivity contribution in [3.63, 3.8) is 0 Å². The molecule has 0 fully saturated rings. The average molecular weight is 325 g/mol. The van der Waals surface area contributed by atoms with Gasteiger partial charge in [-0.25, -0.2) is 0 Å². The topological polar surface area (TPSA) is 131 Å². The second kappa shape index (κ2) is 5.70. The lowest BCUT2D eigenvalue weighted by molar-refractivity contribution is -0.384. The van der Waals surface area contributed by atoms with Crippen LogP contribution in [0.25, 0.3) is 0 Å². The van der Waals surface area contributed by atoms with Crippen LogP contribution in [0, 0.1) is 21.4 Å². The van der Waals surface area contributed by atoms with Crippen molar-refractivity contribution in [2.24, 2.45) is 5.73 Å². The normalized spacial score (nSPS) is 16.5. The van der Waals surface area contributed by atoms with Crippen LogP contribution in [-0.4, -0.2) is 15.1 Å². The van der Waals surface area contributed by atoms with Gasteiger partial charge < -0.3 is 10.5 Å². The van der Waals surface area contributed by atoms with Gasteiger partial charge in [0.25, 0.3) is 5.69 Å². The van der Waals surface area contributed by atoms with Crippen LogP contribution in [0.1, 0.15) is 42.5 Å². The Morgan fingerprint density at radius 1 is 1.42 bits per heavy atom. The summed E-state index contributed by atoms with van der Waals surface area (Å²) < 4.78 is 5.46. The van der Waals surface area contributed by atoms with Crippen molar-refractivity contribution in [3.05, 3.63) is 62.7 Å². The number of aromatic amines is 1. The largest absolute Gasteiger partial charge is 0.420 e. The van der Waals surface area contributed by atoms with Crippen molar-refractivity contribution in [3.8, 4) is 11.9 Å². The first-order valence-corrected chi connectivity index (χ1v) is 7.34. The lowest BCUT2D eigenvalue weighted by Crippen LogP contribution is -2.21. The van der Waals surface area contributed by atoms with Crippen molar-refractivity contribution < 1.29 is 9.66 Å². The van der Waals surface area contributed by atoms with Gasteiger partial charge in [-0.2, -0.15) is 5.26 Å². The minimum atomic E-state index is -0.476. The van der Waals surface area contributed by atoms with Gasteiger partial charge in [0.2, 0.25) is 11.8 Å². The summed E-state index contributed by atoms with van der Waals surface area (Å²) in [5.74, 6) is -0.0194. The molecule has 0 bridgehead atoms. The summed E-state index contributed by atoms with van der Waals surface area (Å²) in [6.45, 7) is 3.99. The molecule has 0 unspecified atom stereocenters. The first kappa shape index (κ1) is 15.6. The molecular formula is C16H15N5O3. The van der Waals surface area contributed by atoms with Crippen LogP contribution < -0.4 is 10.5 Å². The second-order valence-electron chi connectivity index (χ2n) is 5.78. The van der Waals surface area contributed by atoms with Crippen LogP contribution in [0.5, 0.6) is 5.88 Å². The number of H-pyrrole nitrogens is 1. The molecule has 0 radical (unpaired) electrons. The maximum atomic E-state index is 10.9. The van der Waals surface area contributed by atoms with Crippen LogP contribution in [0.4, 0.5) is 5.69 Å². The molecule has 0 saturated heterocycles. The zero-order valence-corrected chi connectivity index (χ0v) is 13.1. The molecule has 8 nitrogen and oxygen atoms in total. The van der Waals surface area contributed by atoms with E-state index in [1.54, 1.807) is 12.1 Å². The number of allylic oxidation sites excluding steroid dienone is 1. The highest BCUT2D eigenvalue weighted by Crippen LogP contribution is 2.44. The number of nitrogens with one attached hydrogen (secondary N) is 1. The zero-order valence-electron chi connectivity index (χ0n) is 13.1. The van der Waals surface area contributed by atoms with Crippen molar-refractivity contribution in [1.29, 1.82) is 5.26 Å². The Morgan fingerprint density at radius 2 is 2.08 bits per heavy atom. The van der Waals surface area contributed by atoms with E-state index in [-0.39, 0.29) is 23.1 Å². The highest BCUT2D eigenvalue weighted by Gasteiger charge is 2.35. The molecule has 0 saturated carbocycles. The number of nitriles is 1. The second-order valence-corrected chi connectivity index (χ2v) is 5.78. The number of nitro groups is 1. The lowest BCUT2D eigenvalue weighted by atomic mass is 9.82. The number of rotatable bonds is 3. The van der Waals surface area contributed by atoms with Gasteiger partial charge in [0.1, 0.15) is 11.6 Å². The molecule has 0 aliphatic carbocycles. The van der Waals surface area contributed by atoms with Gasteiger partial charge in [0.15, 0.2) is 0 Å². The molecule has 8 heteroatoms. The van der Waals surface area contributed by atoms with E-state index < -0.39 is 10.8 Å². The molecule has 2 heterocycles. The SMILES string of the molecule is CC(C)c1[nH]nc2c1[C@H](c1ccc([N+](=O)[O-])cc1)C(C#N)=C(N)O2. The number of hydrogen-bond donors (Lipinski definition) is 2. The van der Waals surface area contributed by atoms with Crippen molar-refractivity contribution in [2.45, 2.75) is 25.7 Å². The molecule has 1 aromatic heterocycles. The average Bonchev–Trinajstić information content (AvgIpc) is 2.97. The fraction of sp³-hybridized carbons (Fsp3) is 0.250. The van der Waals surface area contributed by atoms with Crippen LogP contribution in [-0.2, 0) is 0 Å². The van der Waals surface area contributed by atoms with Crippen LogP contribution in [0.15, 0.2) is 35.7 Å². The van der Waals surface area contributed by atoms with Gasteiger partial charge in [-0.1, -0.05) is 26.0 Å². The highest BCUT2D eigenvalue weighted by molar-refractivity contribution is 5.56. The van der Waals surface area contributed by atoms with Crippen molar-refractivity contribution in [2.75, 3.05) is 0 Å².